The molecule has 0 aliphatic rings. The molecule has 0 bridgehead atoms. The fourth-order valence-electron chi connectivity index (χ4n) is 13.8. The van der Waals surface area contributed by atoms with Gasteiger partial charge in [0.05, 0.1) is 0 Å². The second-order valence-corrected chi connectivity index (χ2v) is 90.5. The first-order valence-corrected chi connectivity index (χ1v) is 73.9. The maximum absolute atomic E-state index is 14.0. The third-order valence-electron chi connectivity index (χ3n) is 20.5. The van der Waals surface area contributed by atoms with Crippen LogP contribution in [-0.2, 0) is 57.5 Å². The molecule has 632 valence electrons. The summed E-state index contributed by atoms with van der Waals surface area (Å²) in [5.74, 6) is -4.98. The van der Waals surface area contributed by atoms with Gasteiger partial charge in [-0.05, 0) is 0 Å². The number of rotatable bonds is 72. The molecule has 0 saturated carbocycles. The fourth-order valence-corrected chi connectivity index (χ4v) is 99.0. The van der Waals surface area contributed by atoms with Crippen LogP contribution in [0.3, 0.4) is 0 Å². The predicted molar refractivity (Wildman–Crippen MR) is 421 cm³/mol. The summed E-state index contributed by atoms with van der Waals surface area (Å²) in [6.07, 6.45) is -1.01. The van der Waals surface area contributed by atoms with Crippen LogP contribution in [0.15, 0.2) is 0 Å². The molecule has 0 heterocycles. The number of hydrogen-bond donors (Lipinski definition) is 24. The molecule has 0 aliphatic heterocycles. The molecular formula is C68H136N12O24SiSn4. The third-order valence-corrected chi connectivity index (χ3v) is 91.3. The summed E-state index contributed by atoms with van der Waals surface area (Å²) in [5.41, 5.74) is 0. The SMILES string of the molecule is O=C(C[CH2][Sn]([CH2]CC(=O)NCCO)([CH2]CC(=O)NCCO)[CH2]C[Si](C[CH2][Sn]([CH2]CC(=O)NCCO)([CH2]CC(=O)NCCO)[CH2]CC(=O)NCCO)(C[CH2][Sn]([CH2]CC(=O)NCCO)([CH2]CC(=O)NCCO)[CH2]CC(=O)NCCO)C[CH2][Sn]([CH2]CC(=O)NCCO)([CH2]CC(=O)NCCO)[CH2]CC(=O)NCCO)NCCO. The summed E-state index contributed by atoms with van der Waals surface area (Å²) in [6, 6.07) is 1.52. The van der Waals surface area contributed by atoms with E-state index in [1.807, 2.05) is 0 Å². The Balaban J connectivity index is 10.6. The Kier molecular flexibility index (Phi) is 63.7. The summed E-state index contributed by atoms with van der Waals surface area (Å²) in [7, 11) is -3.55. The molecule has 41 heteroatoms. The molecule has 24 N–H and O–H groups in total. The number of hydrogen-bond acceptors (Lipinski definition) is 24. The number of aliphatic hydroxyl groups is 12. The van der Waals surface area contributed by atoms with Crippen LogP contribution in [0.4, 0.5) is 0 Å². The van der Waals surface area contributed by atoms with Crippen molar-refractivity contribution in [1.29, 1.82) is 0 Å². The first-order valence-electron chi connectivity index (χ1n) is 38.8. The van der Waals surface area contributed by atoms with Crippen LogP contribution in [0.2, 0.25) is 95.2 Å². The summed E-state index contributed by atoms with van der Waals surface area (Å²) >= 11 is -18.1. The Morgan fingerprint density at radius 3 is 0.339 bits per heavy atom. The van der Waals surface area contributed by atoms with E-state index in [1.54, 1.807) is 0 Å². The number of carbonyl (C=O) groups is 12. The fraction of sp³-hybridized carbons (Fsp3) is 0.824. The molecule has 0 radical (unpaired) electrons. The van der Waals surface area contributed by atoms with Crippen LogP contribution >= 0.6 is 0 Å². The zero-order valence-electron chi connectivity index (χ0n) is 64.4. The van der Waals surface area contributed by atoms with E-state index in [0.29, 0.717) is 41.9 Å². The van der Waals surface area contributed by atoms with Crippen molar-refractivity contribution in [2.75, 3.05) is 158 Å². The van der Waals surface area contributed by atoms with Gasteiger partial charge in [-0.2, -0.15) is 0 Å². The zero-order valence-corrected chi connectivity index (χ0v) is 76.8. The summed E-state index contributed by atoms with van der Waals surface area (Å²) < 4.78 is 4.59. The summed E-state index contributed by atoms with van der Waals surface area (Å²) in [5, 5.41) is 151. The van der Waals surface area contributed by atoms with Gasteiger partial charge in [-0.3, -0.25) is 0 Å². The third kappa shape index (κ3) is 52.6. The number of nitrogens with one attached hydrogen (secondary N) is 12. The van der Waals surface area contributed by atoms with E-state index in [1.165, 1.54) is 0 Å². The Labute approximate surface area is 659 Å². The van der Waals surface area contributed by atoms with Crippen LogP contribution in [0, 0.1) is 0 Å². The summed E-state index contributed by atoms with van der Waals surface area (Å²) in [6.45, 7) is -5.61. The van der Waals surface area contributed by atoms with E-state index in [9.17, 15) is 119 Å². The maximum atomic E-state index is 14.0. The molecular weight excluding hydrogens is 1870 g/mol. The second kappa shape index (κ2) is 65.8. The molecule has 0 spiro atoms. The molecule has 0 atom stereocenters. The molecule has 0 unspecified atom stereocenters. The Morgan fingerprint density at radius 1 is 0.165 bits per heavy atom. The van der Waals surface area contributed by atoms with Crippen molar-refractivity contribution in [2.24, 2.45) is 0 Å². The van der Waals surface area contributed by atoms with E-state index in [-0.39, 0.29) is 288 Å². The van der Waals surface area contributed by atoms with Crippen molar-refractivity contribution in [1.82, 2.24) is 63.8 Å². The van der Waals surface area contributed by atoms with Crippen molar-refractivity contribution in [3.8, 4) is 0 Å². The van der Waals surface area contributed by atoms with Gasteiger partial charge in [-0.15, -0.1) is 0 Å². The Bertz CT molecular complexity index is 2040. The second-order valence-electron chi connectivity index (χ2n) is 28.4. The zero-order chi connectivity index (χ0) is 81.5. The van der Waals surface area contributed by atoms with Crippen LogP contribution in [-0.4, -0.2) is 372 Å². The minimum absolute atomic E-state index is 0.0841. The number of carbonyl (C=O) groups excluding carboxylic acids is 12. The number of amides is 12. The van der Waals surface area contributed by atoms with Gasteiger partial charge in [0.1, 0.15) is 0 Å². The van der Waals surface area contributed by atoms with Gasteiger partial charge >= 0.3 is 665 Å². The van der Waals surface area contributed by atoms with Crippen LogP contribution in [0.5, 0.6) is 0 Å². The molecule has 0 saturated heterocycles. The molecule has 0 rings (SSSR count). The monoisotopic (exact) mass is 2010 g/mol. The van der Waals surface area contributed by atoms with E-state index >= 15 is 0 Å². The molecule has 109 heavy (non-hydrogen) atoms. The minimum atomic E-state index is -4.52. The van der Waals surface area contributed by atoms with Gasteiger partial charge in [0.25, 0.3) is 0 Å². The molecule has 0 aromatic carbocycles. The van der Waals surface area contributed by atoms with Gasteiger partial charge in [0.15, 0.2) is 0 Å². The first-order chi connectivity index (χ1) is 52.3. The van der Waals surface area contributed by atoms with E-state index in [2.05, 4.69) is 63.8 Å². The van der Waals surface area contributed by atoms with Gasteiger partial charge in [-0.1, -0.05) is 0 Å². The molecule has 36 nitrogen and oxygen atoms in total. The average Bonchev–Trinajstić information content (AvgIpc) is 0.797. The first kappa shape index (κ1) is 106. The molecule has 0 aliphatic carbocycles. The van der Waals surface area contributed by atoms with Crippen molar-refractivity contribution in [3.63, 3.8) is 0 Å². The molecule has 0 fully saturated rings. The average molecular weight is 2010 g/mol. The van der Waals surface area contributed by atoms with Crippen LogP contribution in [0.25, 0.3) is 0 Å². The summed E-state index contributed by atoms with van der Waals surface area (Å²) in [4.78, 5) is 168. The predicted octanol–water partition coefficient (Wildman–Crippen LogP) is -4.79. The van der Waals surface area contributed by atoms with Crippen LogP contribution in [0.1, 0.15) is 77.0 Å². The van der Waals surface area contributed by atoms with Gasteiger partial charge < -0.3 is 0 Å². The van der Waals surface area contributed by atoms with Gasteiger partial charge in [0, 0.05) is 0 Å². The Hall–Kier alpha value is -3.43. The van der Waals surface area contributed by atoms with Crippen molar-refractivity contribution >= 4 is 152 Å². The van der Waals surface area contributed by atoms with Crippen LogP contribution < -0.4 is 63.8 Å². The molecule has 12 amide bonds. The topological polar surface area (TPSA) is 592 Å². The van der Waals surface area contributed by atoms with E-state index < -0.39 is 152 Å². The van der Waals surface area contributed by atoms with E-state index in [0.717, 1.165) is 0 Å². The van der Waals surface area contributed by atoms with Crippen molar-refractivity contribution in [2.45, 2.75) is 172 Å². The quantitative estimate of drug-likeness (QED) is 0.0254. The molecule has 0 aromatic rings. The van der Waals surface area contributed by atoms with E-state index in [4.69, 9.17) is 0 Å². The van der Waals surface area contributed by atoms with Gasteiger partial charge in [0.2, 0.25) is 0 Å². The normalized spacial score (nSPS) is 11.8. The van der Waals surface area contributed by atoms with Crippen molar-refractivity contribution in [3.05, 3.63) is 0 Å². The van der Waals surface area contributed by atoms with Crippen molar-refractivity contribution < 1.29 is 119 Å². The standard InChI is InChI=1S/C8H16Si.12C5H10NO2.4Sn/c1-5-9(6-2,7-3)8-4;12*1-2-5(8)6-3-4-7;;;;/h1-8H2;12*7H,1-4H2,(H,6,8);;;;. The Morgan fingerprint density at radius 2 is 0.257 bits per heavy atom. The van der Waals surface area contributed by atoms with Gasteiger partial charge in [-0.25, -0.2) is 0 Å². The number of aliphatic hydroxyl groups excluding tert-OH is 12. The molecule has 0 aromatic heterocycles.